The van der Waals surface area contributed by atoms with Crippen molar-refractivity contribution in [2.75, 3.05) is 0 Å². The molecule has 4 atom stereocenters. The summed E-state index contributed by atoms with van der Waals surface area (Å²) in [5.41, 5.74) is 1.47. The lowest BCUT2D eigenvalue weighted by Crippen LogP contribution is -2.15. The van der Waals surface area contributed by atoms with Gasteiger partial charge < -0.3 is 5.11 Å². The molecular weight excluding hydrogens is 212 g/mol. The number of rotatable bonds is 2. The predicted molar refractivity (Wildman–Crippen MR) is 68.7 cm³/mol. The summed E-state index contributed by atoms with van der Waals surface area (Å²) in [6.07, 6.45) is 6.14. The molecule has 2 rings (SSSR count). The molecule has 0 aliphatic heterocycles. The van der Waals surface area contributed by atoms with Crippen molar-refractivity contribution in [2.24, 2.45) is 29.1 Å². The van der Waals surface area contributed by atoms with Crippen molar-refractivity contribution < 1.29 is 9.90 Å². The minimum Gasteiger partial charge on any atom is -0.481 e. The molecule has 2 heteroatoms. The van der Waals surface area contributed by atoms with Crippen LogP contribution in [0.1, 0.15) is 47.0 Å². The fourth-order valence-corrected chi connectivity index (χ4v) is 3.55. The monoisotopic (exact) mass is 236 g/mol. The van der Waals surface area contributed by atoms with Crippen molar-refractivity contribution in [3.05, 3.63) is 11.6 Å². The first-order valence-corrected chi connectivity index (χ1v) is 6.80. The van der Waals surface area contributed by atoms with Gasteiger partial charge in [-0.1, -0.05) is 45.8 Å². The second-order valence-electron chi connectivity index (χ2n) is 6.56. The fourth-order valence-electron chi connectivity index (χ4n) is 3.55. The maximum atomic E-state index is 11.2. The predicted octanol–water partition coefficient (Wildman–Crippen LogP) is 3.73. The lowest BCUT2D eigenvalue weighted by atomic mass is 9.77. The number of hydrogen-bond donors (Lipinski definition) is 1. The largest absolute Gasteiger partial charge is 0.481 e. The van der Waals surface area contributed by atoms with Gasteiger partial charge in [0, 0.05) is 0 Å². The molecule has 0 heterocycles. The highest BCUT2D eigenvalue weighted by Gasteiger charge is 2.61. The van der Waals surface area contributed by atoms with Crippen molar-refractivity contribution in [3.63, 3.8) is 0 Å². The Kier molecular flexibility index (Phi) is 3.09. The second kappa shape index (κ2) is 4.15. The summed E-state index contributed by atoms with van der Waals surface area (Å²) in [6, 6.07) is 0. The van der Waals surface area contributed by atoms with Crippen LogP contribution < -0.4 is 0 Å². The van der Waals surface area contributed by atoms with Gasteiger partial charge >= 0.3 is 5.97 Å². The number of carboxylic acids is 1. The third kappa shape index (κ3) is 2.14. The van der Waals surface area contributed by atoms with Crippen LogP contribution >= 0.6 is 0 Å². The maximum Gasteiger partial charge on any atom is 0.307 e. The van der Waals surface area contributed by atoms with Crippen LogP contribution in [0.25, 0.3) is 0 Å². The highest BCUT2D eigenvalue weighted by atomic mass is 16.4. The Balaban J connectivity index is 2.17. The van der Waals surface area contributed by atoms with E-state index in [1.165, 1.54) is 24.8 Å². The second-order valence-corrected chi connectivity index (χ2v) is 6.56. The quantitative estimate of drug-likeness (QED) is 0.742. The van der Waals surface area contributed by atoms with Crippen molar-refractivity contribution in [2.45, 2.75) is 47.0 Å². The van der Waals surface area contributed by atoms with Gasteiger partial charge in [-0.2, -0.15) is 0 Å². The van der Waals surface area contributed by atoms with Gasteiger partial charge in [-0.05, 0) is 36.0 Å². The van der Waals surface area contributed by atoms with Gasteiger partial charge in [0.15, 0.2) is 0 Å². The Bertz CT molecular complexity index is 342. The molecule has 4 unspecified atom stereocenters. The molecular formula is C15H24O2. The van der Waals surface area contributed by atoms with Crippen LogP contribution in [0.4, 0.5) is 0 Å². The zero-order valence-electron chi connectivity index (χ0n) is 11.4. The van der Waals surface area contributed by atoms with Gasteiger partial charge in [0.1, 0.15) is 0 Å². The van der Waals surface area contributed by atoms with Crippen LogP contribution in [0.2, 0.25) is 0 Å². The SMILES string of the molecule is CC1CCCC(C)C1=CC1C(C(=O)O)C1(C)C. The summed E-state index contributed by atoms with van der Waals surface area (Å²) in [5.74, 6) is 0.733. The van der Waals surface area contributed by atoms with E-state index in [1.807, 2.05) is 0 Å². The third-order valence-corrected chi connectivity index (χ3v) is 4.96. The van der Waals surface area contributed by atoms with E-state index in [1.54, 1.807) is 0 Å². The Morgan fingerprint density at radius 2 is 1.82 bits per heavy atom. The highest BCUT2D eigenvalue weighted by Crippen LogP contribution is 2.60. The van der Waals surface area contributed by atoms with E-state index in [4.69, 9.17) is 0 Å². The first kappa shape index (κ1) is 12.7. The molecule has 2 aliphatic rings. The molecule has 2 aliphatic carbocycles. The van der Waals surface area contributed by atoms with Gasteiger partial charge in [-0.15, -0.1) is 0 Å². The van der Waals surface area contributed by atoms with Crippen molar-refractivity contribution in [3.8, 4) is 0 Å². The number of allylic oxidation sites excluding steroid dienone is 2. The lowest BCUT2D eigenvalue weighted by Gasteiger charge is -2.28. The Morgan fingerprint density at radius 3 is 2.24 bits per heavy atom. The van der Waals surface area contributed by atoms with Gasteiger partial charge in [0.25, 0.3) is 0 Å². The Labute approximate surface area is 104 Å². The minimum atomic E-state index is -0.632. The average Bonchev–Trinajstić information content (AvgIpc) is 2.74. The van der Waals surface area contributed by atoms with Gasteiger partial charge in [0.2, 0.25) is 0 Å². The molecule has 0 aromatic carbocycles. The normalized spacial score (nSPS) is 39.9. The standard InChI is InChI=1S/C15H24O2/c1-9-6-5-7-10(2)11(9)8-12-13(14(16)17)15(12,3)4/h8-10,12-13H,5-7H2,1-4H3,(H,16,17). The van der Waals surface area contributed by atoms with E-state index < -0.39 is 5.97 Å². The van der Waals surface area contributed by atoms with E-state index in [0.29, 0.717) is 11.8 Å². The molecule has 96 valence electrons. The smallest absolute Gasteiger partial charge is 0.307 e. The summed E-state index contributed by atoms with van der Waals surface area (Å²) >= 11 is 0. The van der Waals surface area contributed by atoms with Crippen molar-refractivity contribution in [1.29, 1.82) is 0 Å². The molecule has 0 aromatic rings. The molecule has 0 amide bonds. The summed E-state index contributed by atoms with van der Waals surface area (Å²) in [5, 5.41) is 9.19. The summed E-state index contributed by atoms with van der Waals surface area (Å²) in [6.45, 7) is 8.72. The van der Waals surface area contributed by atoms with Crippen molar-refractivity contribution >= 4 is 5.97 Å². The van der Waals surface area contributed by atoms with Crippen LogP contribution in [0.5, 0.6) is 0 Å². The van der Waals surface area contributed by atoms with Gasteiger partial charge in [-0.25, -0.2) is 0 Å². The number of hydrogen-bond acceptors (Lipinski definition) is 1. The molecule has 0 saturated heterocycles. The lowest BCUT2D eigenvalue weighted by molar-refractivity contribution is -0.139. The molecule has 2 saturated carbocycles. The van der Waals surface area contributed by atoms with Crippen LogP contribution in [0, 0.1) is 29.1 Å². The average molecular weight is 236 g/mol. The van der Waals surface area contributed by atoms with E-state index in [2.05, 4.69) is 33.8 Å². The summed E-state index contributed by atoms with van der Waals surface area (Å²) < 4.78 is 0. The maximum absolute atomic E-state index is 11.2. The number of carbonyl (C=O) groups is 1. The van der Waals surface area contributed by atoms with E-state index in [0.717, 1.165) is 0 Å². The molecule has 0 spiro atoms. The molecule has 17 heavy (non-hydrogen) atoms. The van der Waals surface area contributed by atoms with Crippen LogP contribution in [0.15, 0.2) is 11.6 Å². The fraction of sp³-hybridized carbons (Fsp3) is 0.800. The van der Waals surface area contributed by atoms with Crippen molar-refractivity contribution in [1.82, 2.24) is 0 Å². The third-order valence-electron chi connectivity index (χ3n) is 4.96. The van der Waals surface area contributed by atoms with Gasteiger partial charge in [-0.3, -0.25) is 4.79 Å². The number of aliphatic carboxylic acids is 1. The zero-order chi connectivity index (χ0) is 12.8. The van der Waals surface area contributed by atoms with Gasteiger partial charge in [0.05, 0.1) is 5.92 Å². The van der Waals surface area contributed by atoms with Crippen LogP contribution in [0.3, 0.4) is 0 Å². The topological polar surface area (TPSA) is 37.3 Å². The first-order chi connectivity index (χ1) is 7.85. The zero-order valence-corrected chi connectivity index (χ0v) is 11.4. The summed E-state index contributed by atoms with van der Waals surface area (Å²) in [4.78, 5) is 11.2. The molecule has 0 bridgehead atoms. The Hall–Kier alpha value is -0.790. The van der Waals surface area contributed by atoms with Crippen LogP contribution in [-0.2, 0) is 4.79 Å². The van der Waals surface area contributed by atoms with E-state index >= 15 is 0 Å². The molecule has 2 nitrogen and oxygen atoms in total. The highest BCUT2D eigenvalue weighted by molar-refractivity contribution is 5.76. The molecule has 0 aromatic heterocycles. The summed E-state index contributed by atoms with van der Waals surface area (Å²) in [7, 11) is 0. The molecule has 1 N–H and O–H groups in total. The minimum absolute atomic E-state index is 0.0459. The Morgan fingerprint density at radius 1 is 1.29 bits per heavy atom. The molecule has 0 radical (unpaired) electrons. The van der Waals surface area contributed by atoms with E-state index in [-0.39, 0.29) is 17.3 Å². The number of carboxylic acid groups (broad SMARTS) is 1. The van der Waals surface area contributed by atoms with E-state index in [9.17, 15) is 9.90 Å². The first-order valence-electron chi connectivity index (χ1n) is 6.80. The van der Waals surface area contributed by atoms with Crippen LogP contribution in [-0.4, -0.2) is 11.1 Å². The molecule has 2 fully saturated rings.